The van der Waals surface area contributed by atoms with Crippen molar-refractivity contribution < 1.29 is 14.3 Å². The zero-order valence-corrected chi connectivity index (χ0v) is 18.2. The normalized spacial score (nSPS) is 24.2. The van der Waals surface area contributed by atoms with Crippen molar-refractivity contribution in [3.05, 3.63) is 16.3 Å². The number of piperidine rings is 1. The number of carbonyl (C=O) groups excluding carboxylic acids is 1. The third-order valence-corrected chi connectivity index (χ3v) is 5.86. The van der Waals surface area contributed by atoms with Crippen LogP contribution in [0, 0.1) is 0 Å². The molecule has 1 amide bonds. The van der Waals surface area contributed by atoms with Crippen LogP contribution >= 0.6 is 0 Å². The minimum Gasteiger partial charge on any atom is -0.383 e. The van der Waals surface area contributed by atoms with E-state index >= 15 is 0 Å². The number of amides is 1. The van der Waals surface area contributed by atoms with Crippen LogP contribution in [-0.2, 0) is 27.4 Å². The van der Waals surface area contributed by atoms with E-state index in [1.165, 1.54) is 4.68 Å². The highest BCUT2D eigenvalue weighted by Crippen LogP contribution is 2.26. The van der Waals surface area contributed by atoms with Crippen LogP contribution in [0.25, 0.3) is 0 Å². The van der Waals surface area contributed by atoms with Gasteiger partial charge in [0.2, 0.25) is 5.91 Å². The second kappa shape index (κ2) is 9.86. The van der Waals surface area contributed by atoms with Crippen molar-refractivity contribution in [2.24, 2.45) is 0 Å². The van der Waals surface area contributed by atoms with Gasteiger partial charge in [-0.15, -0.1) is 0 Å². The maximum Gasteiger partial charge on any atom is 0.345 e. The number of hydrogen-bond acceptors (Lipinski definition) is 6. The number of carbonyl (C=O) groups is 1. The predicted molar refractivity (Wildman–Crippen MR) is 109 cm³/mol. The van der Waals surface area contributed by atoms with Gasteiger partial charge in [0.1, 0.15) is 5.82 Å². The SMILES string of the molecule is CCn1c(C2CCN(CC(=O)N3CC(C)OC(C)C3)CC2)nn(CCOC)c1=O. The first-order valence-electron chi connectivity index (χ1n) is 10.7. The summed E-state index contributed by atoms with van der Waals surface area (Å²) in [7, 11) is 1.62. The van der Waals surface area contributed by atoms with E-state index in [-0.39, 0.29) is 29.7 Å². The Hall–Kier alpha value is -1.71. The molecule has 1 aromatic rings. The molecule has 0 bridgehead atoms. The standard InChI is InChI=1S/C20H35N5O4/c1-5-24-19(21-25(20(24)27)10-11-28-4)17-6-8-22(9-7-17)14-18(26)23-12-15(2)29-16(3)13-23/h15-17H,5-14H2,1-4H3. The molecule has 0 aliphatic carbocycles. The molecular weight excluding hydrogens is 374 g/mol. The zero-order valence-electron chi connectivity index (χ0n) is 18.2. The maximum absolute atomic E-state index is 12.7. The molecule has 2 aliphatic rings. The number of methoxy groups -OCH3 is 1. The van der Waals surface area contributed by atoms with Crippen LogP contribution in [0.3, 0.4) is 0 Å². The number of rotatable bonds is 7. The molecule has 2 atom stereocenters. The summed E-state index contributed by atoms with van der Waals surface area (Å²) in [5.41, 5.74) is -0.0623. The van der Waals surface area contributed by atoms with E-state index in [9.17, 15) is 9.59 Å². The number of morpholine rings is 1. The van der Waals surface area contributed by atoms with Gasteiger partial charge >= 0.3 is 5.69 Å². The number of hydrogen-bond donors (Lipinski definition) is 0. The average Bonchev–Trinajstić information content (AvgIpc) is 3.01. The Labute approximate surface area is 172 Å². The number of likely N-dealkylation sites (tertiary alicyclic amines) is 1. The molecule has 0 aromatic carbocycles. The zero-order chi connectivity index (χ0) is 21.0. The molecule has 9 nitrogen and oxygen atoms in total. The van der Waals surface area contributed by atoms with E-state index in [1.807, 2.05) is 25.7 Å². The van der Waals surface area contributed by atoms with Gasteiger partial charge in [0.05, 0.1) is 31.9 Å². The van der Waals surface area contributed by atoms with Gasteiger partial charge in [-0.3, -0.25) is 14.3 Å². The van der Waals surface area contributed by atoms with Gasteiger partial charge in [0, 0.05) is 32.7 Å². The van der Waals surface area contributed by atoms with E-state index in [4.69, 9.17) is 9.47 Å². The predicted octanol–water partition coefficient (Wildman–Crippen LogP) is 0.526. The largest absolute Gasteiger partial charge is 0.383 e. The molecule has 2 unspecified atom stereocenters. The Morgan fingerprint density at radius 2 is 1.86 bits per heavy atom. The van der Waals surface area contributed by atoms with Gasteiger partial charge in [-0.25, -0.2) is 9.48 Å². The summed E-state index contributed by atoms with van der Waals surface area (Å²) in [6, 6.07) is 0. The third-order valence-electron chi connectivity index (χ3n) is 5.86. The van der Waals surface area contributed by atoms with E-state index in [0.29, 0.717) is 39.3 Å². The van der Waals surface area contributed by atoms with Crippen LogP contribution in [0.1, 0.15) is 45.4 Å². The first kappa shape index (κ1) is 22.0. The topological polar surface area (TPSA) is 81.8 Å². The molecule has 9 heteroatoms. The lowest BCUT2D eigenvalue weighted by atomic mass is 9.96. The summed E-state index contributed by atoms with van der Waals surface area (Å²) >= 11 is 0. The molecule has 0 saturated carbocycles. The molecule has 164 valence electrons. The number of aromatic nitrogens is 3. The van der Waals surface area contributed by atoms with Gasteiger partial charge in [0.25, 0.3) is 0 Å². The lowest BCUT2D eigenvalue weighted by Gasteiger charge is -2.37. The molecule has 1 aromatic heterocycles. The van der Waals surface area contributed by atoms with E-state index in [1.54, 1.807) is 11.7 Å². The molecule has 0 N–H and O–H groups in total. The van der Waals surface area contributed by atoms with Crippen LogP contribution in [0.15, 0.2) is 4.79 Å². The molecule has 3 rings (SSSR count). The average molecular weight is 410 g/mol. The van der Waals surface area contributed by atoms with Gasteiger partial charge in [0.15, 0.2) is 0 Å². The fraction of sp³-hybridized carbons (Fsp3) is 0.850. The molecule has 29 heavy (non-hydrogen) atoms. The Kier molecular flexibility index (Phi) is 7.48. The monoisotopic (exact) mass is 409 g/mol. The first-order valence-corrected chi connectivity index (χ1v) is 10.7. The molecule has 0 radical (unpaired) electrons. The summed E-state index contributed by atoms with van der Waals surface area (Å²) in [5, 5.41) is 4.60. The lowest BCUT2D eigenvalue weighted by molar-refractivity contribution is -0.144. The van der Waals surface area contributed by atoms with E-state index < -0.39 is 0 Å². The minimum absolute atomic E-state index is 0.0623. The quantitative estimate of drug-likeness (QED) is 0.653. The van der Waals surface area contributed by atoms with Gasteiger partial charge < -0.3 is 14.4 Å². The van der Waals surface area contributed by atoms with Crippen LogP contribution < -0.4 is 5.69 Å². The minimum atomic E-state index is -0.0623. The highest BCUT2D eigenvalue weighted by Gasteiger charge is 2.30. The fourth-order valence-corrected chi connectivity index (χ4v) is 4.40. The second-order valence-electron chi connectivity index (χ2n) is 8.21. The van der Waals surface area contributed by atoms with Gasteiger partial charge in [-0.05, 0) is 46.7 Å². The van der Waals surface area contributed by atoms with Crippen LogP contribution in [0.5, 0.6) is 0 Å². The van der Waals surface area contributed by atoms with Crippen molar-refractivity contribution in [3.63, 3.8) is 0 Å². The summed E-state index contributed by atoms with van der Waals surface area (Å²) in [4.78, 5) is 29.4. The molecule has 0 spiro atoms. The van der Waals surface area contributed by atoms with Crippen molar-refractivity contribution in [2.45, 2.75) is 64.8 Å². The molecular formula is C20H35N5O4. The molecule has 3 heterocycles. The van der Waals surface area contributed by atoms with Gasteiger partial charge in [-0.2, -0.15) is 5.10 Å². The summed E-state index contributed by atoms with van der Waals surface area (Å²) in [6.45, 7) is 11.0. The van der Waals surface area contributed by atoms with Crippen LogP contribution in [0.4, 0.5) is 0 Å². The Bertz CT molecular complexity index is 728. The summed E-state index contributed by atoms with van der Waals surface area (Å²) in [5.74, 6) is 1.30. The Morgan fingerprint density at radius 1 is 1.21 bits per heavy atom. The fourth-order valence-electron chi connectivity index (χ4n) is 4.40. The van der Waals surface area contributed by atoms with Crippen molar-refractivity contribution in [3.8, 4) is 0 Å². The molecule has 2 saturated heterocycles. The van der Waals surface area contributed by atoms with Crippen LogP contribution in [0.2, 0.25) is 0 Å². The third kappa shape index (κ3) is 5.26. The molecule has 2 aliphatic heterocycles. The summed E-state index contributed by atoms with van der Waals surface area (Å²) < 4.78 is 14.1. The van der Waals surface area contributed by atoms with Crippen molar-refractivity contribution in [2.75, 3.05) is 46.4 Å². The smallest absolute Gasteiger partial charge is 0.345 e. The second-order valence-corrected chi connectivity index (χ2v) is 8.21. The van der Waals surface area contributed by atoms with E-state index in [2.05, 4.69) is 10.00 Å². The first-order chi connectivity index (χ1) is 13.9. The van der Waals surface area contributed by atoms with Crippen molar-refractivity contribution >= 4 is 5.91 Å². The van der Waals surface area contributed by atoms with E-state index in [0.717, 1.165) is 31.8 Å². The molecule has 2 fully saturated rings. The van der Waals surface area contributed by atoms with Crippen molar-refractivity contribution in [1.82, 2.24) is 24.1 Å². The Morgan fingerprint density at radius 3 is 2.45 bits per heavy atom. The van der Waals surface area contributed by atoms with Crippen molar-refractivity contribution in [1.29, 1.82) is 0 Å². The lowest BCUT2D eigenvalue weighted by Crippen LogP contribution is -2.51. The number of nitrogens with zero attached hydrogens (tertiary/aromatic N) is 5. The Balaban J connectivity index is 1.56. The highest BCUT2D eigenvalue weighted by atomic mass is 16.5. The highest BCUT2D eigenvalue weighted by molar-refractivity contribution is 5.78. The number of ether oxygens (including phenoxy) is 2. The summed E-state index contributed by atoms with van der Waals surface area (Å²) in [6.07, 6.45) is 1.99. The maximum atomic E-state index is 12.7. The van der Waals surface area contributed by atoms with Crippen LogP contribution in [-0.4, -0.2) is 88.7 Å². The van der Waals surface area contributed by atoms with Gasteiger partial charge in [-0.1, -0.05) is 0 Å².